The number of rotatable bonds is 6. The van der Waals surface area contributed by atoms with Crippen molar-refractivity contribution in [2.24, 2.45) is 0 Å². The Balaban J connectivity index is 2.39. The van der Waals surface area contributed by atoms with Gasteiger partial charge in [0.25, 0.3) is 0 Å². The largest absolute Gasteiger partial charge is 0.399 e. The topological polar surface area (TPSA) is 108 Å². The van der Waals surface area contributed by atoms with Gasteiger partial charge >= 0.3 is 0 Å². The fraction of sp³-hybridized carbons (Fsp3) is 0.385. The van der Waals surface area contributed by atoms with Crippen molar-refractivity contribution in [2.75, 3.05) is 12.3 Å². The Hall–Kier alpha value is -1.57. The molecule has 0 amide bonds. The minimum Gasteiger partial charge on any atom is -0.399 e. The lowest BCUT2D eigenvalue weighted by molar-refractivity contribution is 0.270. The Morgan fingerprint density at radius 1 is 1.45 bits per heavy atom. The van der Waals surface area contributed by atoms with Crippen molar-refractivity contribution in [1.29, 1.82) is 0 Å². The highest BCUT2D eigenvalue weighted by molar-refractivity contribution is 7.89. The van der Waals surface area contributed by atoms with Crippen molar-refractivity contribution in [3.63, 3.8) is 0 Å². The van der Waals surface area contributed by atoms with E-state index < -0.39 is 10.0 Å². The van der Waals surface area contributed by atoms with Crippen molar-refractivity contribution >= 4 is 26.6 Å². The SMILES string of the molecule is CCC(CCO)NS(=O)(=O)c1c[nH]c2ccc(N)cc12. The predicted octanol–water partition coefficient (Wildman–Crippen LogP) is 1.19. The van der Waals surface area contributed by atoms with Gasteiger partial charge in [-0.1, -0.05) is 6.92 Å². The average Bonchev–Trinajstić information content (AvgIpc) is 2.81. The number of aromatic nitrogens is 1. The van der Waals surface area contributed by atoms with Crippen LogP contribution in [0.3, 0.4) is 0 Å². The van der Waals surface area contributed by atoms with Crippen molar-refractivity contribution in [3.8, 4) is 0 Å². The molecule has 0 fully saturated rings. The quantitative estimate of drug-likeness (QED) is 0.600. The summed E-state index contributed by atoms with van der Waals surface area (Å²) in [6.45, 7) is 1.82. The van der Waals surface area contributed by atoms with Crippen LogP contribution in [0.5, 0.6) is 0 Å². The summed E-state index contributed by atoms with van der Waals surface area (Å²) in [6, 6.07) is 4.81. The maximum absolute atomic E-state index is 12.4. The van der Waals surface area contributed by atoms with Crippen LogP contribution in [-0.2, 0) is 10.0 Å². The van der Waals surface area contributed by atoms with Crippen LogP contribution in [0.25, 0.3) is 10.9 Å². The molecular formula is C13H19N3O3S. The maximum atomic E-state index is 12.4. The number of fused-ring (bicyclic) bond motifs is 1. The molecule has 0 radical (unpaired) electrons. The molecule has 1 unspecified atom stereocenters. The van der Waals surface area contributed by atoms with Gasteiger partial charge in [0.2, 0.25) is 10.0 Å². The molecule has 2 rings (SSSR count). The third-order valence-corrected chi connectivity index (χ3v) is 4.81. The van der Waals surface area contributed by atoms with Crippen molar-refractivity contribution in [1.82, 2.24) is 9.71 Å². The van der Waals surface area contributed by atoms with Gasteiger partial charge in [0.1, 0.15) is 4.90 Å². The van der Waals surface area contributed by atoms with E-state index in [1.807, 2.05) is 6.92 Å². The molecule has 1 aromatic heterocycles. The van der Waals surface area contributed by atoms with Gasteiger partial charge in [-0.3, -0.25) is 0 Å². The van der Waals surface area contributed by atoms with E-state index in [9.17, 15) is 8.42 Å². The van der Waals surface area contributed by atoms with Crippen LogP contribution < -0.4 is 10.5 Å². The summed E-state index contributed by atoms with van der Waals surface area (Å²) in [5.41, 5.74) is 6.94. The molecule has 1 aromatic carbocycles. The van der Waals surface area contributed by atoms with Crippen molar-refractivity contribution < 1.29 is 13.5 Å². The number of anilines is 1. The summed E-state index contributed by atoms with van der Waals surface area (Å²) < 4.78 is 27.4. The van der Waals surface area contributed by atoms with E-state index >= 15 is 0 Å². The number of hydrogen-bond donors (Lipinski definition) is 4. The molecule has 6 nitrogen and oxygen atoms in total. The van der Waals surface area contributed by atoms with Gasteiger partial charge in [0.15, 0.2) is 0 Å². The molecule has 20 heavy (non-hydrogen) atoms. The number of nitrogen functional groups attached to an aromatic ring is 1. The van der Waals surface area contributed by atoms with E-state index in [0.717, 1.165) is 5.52 Å². The van der Waals surface area contributed by atoms with Crippen LogP contribution in [0.15, 0.2) is 29.3 Å². The Kier molecular flexibility index (Phi) is 4.32. The minimum absolute atomic E-state index is 0.0537. The molecule has 0 aliphatic rings. The number of aliphatic hydroxyl groups excluding tert-OH is 1. The zero-order valence-corrected chi connectivity index (χ0v) is 12.1. The number of hydrogen-bond acceptors (Lipinski definition) is 4. The number of nitrogens with one attached hydrogen (secondary N) is 2. The first-order valence-electron chi connectivity index (χ1n) is 6.47. The number of aliphatic hydroxyl groups is 1. The summed E-state index contributed by atoms with van der Waals surface area (Å²) in [7, 11) is -3.64. The molecule has 0 spiro atoms. The fourth-order valence-corrected chi connectivity index (χ4v) is 3.64. The summed E-state index contributed by atoms with van der Waals surface area (Å²) >= 11 is 0. The van der Waals surface area contributed by atoms with E-state index in [4.69, 9.17) is 10.8 Å². The van der Waals surface area contributed by atoms with Crippen LogP contribution in [0.2, 0.25) is 0 Å². The lowest BCUT2D eigenvalue weighted by Gasteiger charge is -2.15. The van der Waals surface area contributed by atoms with Crippen LogP contribution >= 0.6 is 0 Å². The average molecular weight is 297 g/mol. The number of nitrogens with two attached hydrogens (primary N) is 1. The van der Waals surface area contributed by atoms with Crippen molar-refractivity contribution in [3.05, 3.63) is 24.4 Å². The minimum atomic E-state index is -3.64. The lowest BCUT2D eigenvalue weighted by Crippen LogP contribution is -2.34. The lowest BCUT2D eigenvalue weighted by atomic mass is 10.2. The van der Waals surface area contributed by atoms with Crippen LogP contribution in [0.4, 0.5) is 5.69 Å². The smallest absolute Gasteiger partial charge is 0.242 e. The Labute approximate surface area is 118 Å². The first kappa shape index (κ1) is 14.8. The molecule has 7 heteroatoms. The predicted molar refractivity (Wildman–Crippen MR) is 78.8 cm³/mol. The van der Waals surface area contributed by atoms with Crippen LogP contribution in [-0.4, -0.2) is 31.2 Å². The number of sulfonamides is 1. The highest BCUT2D eigenvalue weighted by Gasteiger charge is 2.22. The third-order valence-electron chi connectivity index (χ3n) is 3.25. The summed E-state index contributed by atoms with van der Waals surface area (Å²) in [4.78, 5) is 3.10. The highest BCUT2D eigenvalue weighted by Crippen LogP contribution is 2.25. The molecule has 110 valence electrons. The number of aromatic amines is 1. The molecule has 1 heterocycles. The highest BCUT2D eigenvalue weighted by atomic mass is 32.2. The first-order chi connectivity index (χ1) is 9.47. The monoisotopic (exact) mass is 297 g/mol. The second kappa shape index (κ2) is 5.82. The third kappa shape index (κ3) is 2.95. The molecular weight excluding hydrogens is 278 g/mol. The molecule has 0 aliphatic heterocycles. The Bertz CT molecular complexity index is 694. The normalized spacial score (nSPS) is 13.7. The van der Waals surface area contributed by atoms with E-state index in [1.165, 1.54) is 6.20 Å². The second-order valence-corrected chi connectivity index (χ2v) is 6.38. The zero-order chi connectivity index (χ0) is 14.8. The summed E-state index contributed by atoms with van der Waals surface area (Å²) in [5.74, 6) is 0. The summed E-state index contributed by atoms with van der Waals surface area (Å²) in [6.07, 6.45) is 2.46. The summed E-state index contributed by atoms with van der Waals surface area (Å²) in [5, 5.41) is 9.51. The van der Waals surface area contributed by atoms with E-state index in [-0.39, 0.29) is 17.5 Å². The number of benzene rings is 1. The molecule has 0 bridgehead atoms. The van der Waals surface area contributed by atoms with Crippen LogP contribution in [0, 0.1) is 0 Å². The second-order valence-electron chi connectivity index (χ2n) is 4.70. The van der Waals surface area contributed by atoms with Gasteiger partial charge in [0, 0.05) is 35.4 Å². The van der Waals surface area contributed by atoms with Gasteiger partial charge in [-0.15, -0.1) is 0 Å². The molecule has 5 N–H and O–H groups in total. The maximum Gasteiger partial charge on any atom is 0.242 e. The van der Waals surface area contributed by atoms with E-state index in [1.54, 1.807) is 18.2 Å². The Morgan fingerprint density at radius 3 is 2.85 bits per heavy atom. The van der Waals surface area contributed by atoms with Gasteiger partial charge in [0.05, 0.1) is 0 Å². The van der Waals surface area contributed by atoms with Crippen molar-refractivity contribution in [2.45, 2.75) is 30.7 Å². The van der Waals surface area contributed by atoms with E-state index in [2.05, 4.69) is 9.71 Å². The van der Waals surface area contributed by atoms with E-state index in [0.29, 0.717) is 23.9 Å². The molecule has 0 saturated carbocycles. The zero-order valence-electron chi connectivity index (χ0n) is 11.3. The van der Waals surface area contributed by atoms with Gasteiger partial charge in [-0.2, -0.15) is 0 Å². The standard InChI is InChI=1S/C13H19N3O3S/c1-2-10(5-6-17)16-20(18,19)13-8-15-12-4-3-9(14)7-11(12)13/h3-4,7-8,10,15-17H,2,5-6,14H2,1H3. The Morgan fingerprint density at radius 2 is 2.20 bits per heavy atom. The van der Waals surface area contributed by atoms with Gasteiger partial charge in [-0.05, 0) is 31.0 Å². The fourth-order valence-electron chi connectivity index (χ4n) is 2.12. The van der Waals surface area contributed by atoms with Crippen LogP contribution in [0.1, 0.15) is 19.8 Å². The first-order valence-corrected chi connectivity index (χ1v) is 7.96. The number of H-pyrrole nitrogens is 1. The van der Waals surface area contributed by atoms with Gasteiger partial charge in [-0.25, -0.2) is 13.1 Å². The molecule has 0 aliphatic carbocycles. The molecule has 2 aromatic rings. The molecule has 1 atom stereocenters. The molecule has 0 saturated heterocycles. The van der Waals surface area contributed by atoms with Gasteiger partial charge < -0.3 is 15.8 Å².